The molecule has 6 heteroatoms. The van der Waals surface area contributed by atoms with Gasteiger partial charge in [-0.25, -0.2) is 8.42 Å². The number of nitrogens with zero attached hydrogens (tertiary/aromatic N) is 1. The van der Waals surface area contributed by atoms with Crippen molar-refractivity contribution in [3.05, 3.63) is 0 Å². The number of nitrogens with two attached hydrogens (primary N) is 1. The molecule has 0 spiro atoms. The van der Waals surface area contributed by atoms with E-state index in [-0.39, 0.29) is 17.6 Å². The Morgan fingerprint density at radius 3 is 2.33 bits per heavy atom. The lowest BCUT2D eigenvalue weighted by atomic mass is 9.96. The number of amides is 1. The maximum absolute atomic E-state index is 10.9. The molecule has 2 N–H and O–H groups in total. The number of likely N-dealkylation sites (tertiary alicyclic amines) is 1. The number of primary amides is 1. The summed E-state index contributed by atoms with van der Waals surface area (Å²) in [6, 6.07) is 0. The molecule has 0 saturated carbocycles. The van der Waals surface area contributed by atoms with Crippen molar-refractivity contribution in [3.8, 4) is 0 Å². The molecule has 1 rings (SSSR count). The van der Waals surface area contributed by atoms with Gasteiger partial charge in [0.1, 0.15) is 9.84 Å². The van der Waals surface area contributed by atoms with Crippen LogP contribution in [-0.4, -0.2) is 50.9 Å². The second-order valence-electron chi connectivity index (χ2n) is 4.15. The number of sulfone groups is 1. The number of carbonyl (C=O) groups is 1. The molecule has 0 aromatic heterocycles. The third-order valence-electron chi connectivity index (χ3n) is 2.77. The van der Waals surface area contributed by atoms with Gasteiger partial charge in [0.15, 0.2) is 0 Å². The first kappa shape index (κ1) is 12.4. The number of carbonyl (C=O) groups excluding carboxylic acids is 1. The van der Waals surface area contributed by atoms with E-state index in [9.17, 15) is 13.2 Å². The van der Waals surface area contributed by atoms with Crippen LogP contribution in [0.4, 0.5) is 0 Å². The van der Waals surface area contributed by atoms with Gasteiger partial charge in [-0.05, 0) is 25.9 Å². The van der Waals surface area contributed by atoms with Crippen molar-refractivity contribution in [3.63, 3.8) is 0 Å². The van der Waals surface area contributed by atoms with Crippen molar-refractivity contribution in [1.82, 2.24) is 4.90 Å². The van der Waals surface area contributed by atoms with E-state index in [2.05, 4.69) is 4.90 Å². The van der Waals surface area contributed by atoms with E-state index in [4.69, 9.17) is 5.73 Å². The minimum Gasteiger partial charge on any atom is -0.369 e. The Kier molecular flexibility index (Phi) is 4.10. The maximum Gasteiger partial charge on any atom is 0.220 e. The summed E-state index contributed by atoms with van der Waals surface area (Å²) in [4.78, 5) is 13.0. The summed E-state index contributed by atoms with van der Waals surface area (Å²) in [5, 5.41) is 0. The molecule has 1 amide bonds. The van der Waals surface area contributed by atoms with E-state index in [1.807, 2.05) is 0 Å². The zero-order valence-electron chi connectivity index (χ0n) is 8.98. The smallest absolute Gasteiger partial charge is 0.220 e. The summed E-state index contributed by atoms with van der Waals surface area (Å²) in [7, 11) is -2.89. The maximum atomic E-state index is 10.9. The van der Waals surface area contributed by atoms with Crippen LogP contribution in [-0.2, 0) is 14.6 Å². The van der Waals surface area contributed by atoms with Crippen LogP contribution >= 0.6 is 0 Å². The summed E-state index contributed by atoms with van der Waals surface area (Å²) in [5.74, 6) is -0.0777. The Hall–Kier alpha value is -0.620. The fourth-order valence-electron chi connectivity index (χ4n) is 1.74. The van der Waals surface area contributed by atoms with E-state index in [0.717, 1.165) is 25.9 Å². The predicted molar refractivity (Wildman–Crippen MR) is 58.1 cm³/mol. The van der Waals surface area contributed by atoms with E-state index in [1.54, 1.807) is 0 Å². The monoisotopic (exact) mass is 234 g/mol. The van der Waals surface area contributed by atoms with Crippen LogP contribution in [0.3, 0.4) is 0 Å². The highest BCUT2D eigenvalue weighted by Crippen LogP contribution is 2.16. The van der Waals surface area contributed by atoms with Crippen LogP contribution in [0.25, 0.3) is 0 Å². The highest BCUT2D eigenvalue weighted by Gasteiger charge is 2.23. The zero-order valence-corrected chi connectivity index (χ0v) is 9.79. The topological polar surface area (TPSA) is 80.5 Å². The van der Waals surface area contributed by atoms with Gasteiger partial charge in [-0.15, -0.1) is 0 Å². The minimum absolute atomic E-state index is 0.0283. The highest BCUT2D eigenvalue weighted by molar-refractivity contribution is 7.90. The third kappa shape index (κ3) is 4.61. The average molecular weight is 234 g/mol. The van der Waals surface area contributed by atoms with E-state index < -0.39 is 9.84 Å². The van der Waals surface area contributed by atoms with Crippen molar-refractivity contribution in [2.75, 3.05) is 31.6 Å². The van der Waals surface area contributed by atoms with Crippen LogP contribution in [0.1, 0.15) is 12.8 Å². The van der Waals surface area contributed by atoms with Gasteiger partial charge in [0, 0.05) is 18.7 Å². The van der Waals surface area contributed by atoms with E-state index in [0.29, 0.717) is 6.54 Å². The Morgan fingerprint density at radius 2 is 1.93 bits per heavy atom. The Morgan fingerprint density at radius 1 is 1.40 bits per heavy atom. The molecule has 0 aliphatic carbocycles. The molecule has 1 fully saturated rings. The van der Waals surface area contributed by atoms with Crippen molar-refractivity contribution in [2.24, 2.45) is 11.7 Å². The number of hydrogen-bond donors (Lipinski definition) is 1. The van der Waals surface area contributed by atoms with Crippen LogP contribution in [0.5, 0.6) is 0 Å². The van der Waals surface area contributed by atoms with Gasteiger partial charge in [0.05, 0.1) is 5.75 Å². The van der Waals surface area contributed by atoms with Gasteiger partial charge in [0.2, 0.25) is 5.91 Å². The quantitative estimate of drug-likeness (QED) is 0.692. The van der Waals surface area contributed by atoms with Crippen molar-refractivity contribution in [1.29, 1.82) is 0 Å². The molecule has 0 atom stereocenters. The van der Waals surface area contributed by atoms with Gasteiger partial charge >= 0.3 is 0 Å². The summed E-state index contributed by atoms with van der Waals surface area (Å²) in [6.45, 7) is 2.09. The van der Waals surface area contributed by atoms with Crippen LogP contribution in [0.15, 0.2) is 0 Å². The Bertz CT molecular complexity index is 318. The van der Waals surface area contributed by atoms with Gasteiger partial charge in [-0.1, -0.05) is 0 Å². The molecule has 5 nitrogen and oxygen atoms in total. The van der Waals surface area contributed by atoms with E-state index in [1.165, 1.54) is 6.26 Å². The summed E-state index contributed by atoms with van der Waals surface area (Å²) in [6.07, 6.45) is 2.74. The van der Waals surface area contributed by atoms with Crippen molar-refractivity contribution < 1.29 is 13.2 Å². The van der Waals surface area contributed by atoms with Gasteiger partial charge in [0.25, 0.3) is 0 Å². The molecular weight excluding hydrogens is 216 g/mol. The lowest BCUT2D eigenvalue weighted by Crippen LogP contribution is -2.40. The Balaban J connectivity index is 2.29. The lowest BCUT2D eigenvalue weighted by molar-refractivity contribution is -0.123. The molecule has 1 saturated heterocycles. The molecule has 0 radical (unpaired) electrons. The molecule has 1 aliphatic rings. The summed E-state index contributed by atoms with van der Waals surface area (Å²) < 4.78 is 21.9. The molecule has 0 bridgehead atoms. The van der Waals surface area contributed by atoms with Gasteiger partial charge < -0.3 is 10.6 Å². The molecule has 0 aromatic carbocycles. The van der Waals surface area contributed by atoms with Gasteiger partial charge in [-0.2, -0.15) is 0 Å². The normalized spacial score (nSPS) is 20.3. The second kappa shape index (κ2) is 4.94. The fraction of sp³-hybridized carbons (Fsp3) is 0.889. The third-order valence-corrected chi connectivity index (χ3v) is 3.69. The van der Waals surface area contributed by atoms with Crippen LogP contribution in [0.2, 0.25) is 0 Å². The predicted octanol–water partition coefficient (Wildman–Crippen LogP) is -0.772. The van der Waals surface area contributed by atoms with Crippen LogP contribution < -0.4 is 5.73 Å². The zero-order chi connectivity index (χ0) is 11.5. The average Bonchev–Trinajstić information content (AvgIpc) is 2.14. The first-order valence-corrected chi connectivity index (χ1v) is 7.14. The molecule has 1 heterocycles. The molecule has 1 aliphatic heterocycles. The van der Waals surface area contributed by atoms with E-state index >= 15 is 0 Å². The first-order chi connectivity index (χ1) is 6.88. The van der Waals surface area contributed by atoms with Crippen LogP contribution in [0, 0.1) is 5.92 Å². The SMILES string of the molecule is CS(=O)(=O)CCN1CCC(C(N)=O)CC1. The molecule has 0 unspecified atom stereocenters. The van der Waals surface area contributed by atoms with Crippen molar-refractivity contribution >= 4 is 15.7 Å². The molecular formula is C9H18N2O3S. The number of rotatable bonds is 4. The van der Waals surface area contributed by atoms with Crippen molar-refractivity contribution in [2.45, 2.75) is 12.8 Å². The van der Waals surface area contributed by atoms with Gasteiger partial charge in [-0.3, -0.25) is 4.79 Å². The second-order valence-corrected chi connectivity index (χ2v) is 6.41. The first-order valence-electron chi connectivity index (χ1n) is 5.08. The minimum atomic E-state index is -2.89. The summed E-state index contributed by atoms with van der Waals surface area (Å²) in [5.41, 5.74) is 5.20. The highest BCUT2D eigenvalue weighted by atomic mass is 32.2. The number of piperidine rings is 1. The number of hydrogen-bond acceptors (Lipinski definition) is 4. The molecule has 88 valence electrons. The lowest BCUT2D eigenvalue weighted by Gasteiger charge is -2.30. The Labute approximate surface area is 90.5 Å². The fourth-order valence-corrected chi connectivity index (χ4v) is 2.33. The molecule has 0 aromatic rings. The largest absolute Gasteiger partial charge is 0.369 e. The molecule has 15 heavy (non-hydrogen) atoms. The standard InChI is InChI=1S/C9H18N2O3S/c1-15(13,14)7-6-11-4-2-8(3-5-11)9(10)12/h8H,2-7H2,1H3,(H2,10,12). The summed E-state index contributed by atoms with van der Waals surface area (Å²) >= 11 is 0.